The van der Waals surface area contributed by atoms with Gasteiger partial charge in [-0.1, -0.05) is 20.3 Å². The van der Waals surface area contributed by atoms with Crippen molar-refractivity contribution in [3.63, 3.8) is 0 Å². The van der Waals surface area contributed by atoms with Crippen molar-refractivity contribution in [1.29, 1.82) is 0 Å². The maximum Gasteiger partial charge on any atom is 0.271 e. The summed E-state index contributed by atoms with van der Waals surface area (Å²) in [6.07, 6.45) is 3.38. The van der Waals surface area contributed by atoms with Gasteiger partial charge in [-0.15, -0.1) is 0 Å². The second-order valence-corrected chi connectivity index (χ2v) is 5.51. The summed E-state index contributed by atoms with van der Waals surface area (Å²) in [5.74, 6) is 0.416. The summed E-state index contributed by atoms with van der Waals surface area (Å²) >= 11 is 0. The highest BCUT2D eigenvalue weighted by Gasteiger charge is 2.23. The molecule has 1 saturated carbocycles. The lowest BCUT2D eigenvalue weighted by Crippen LogP contribution is -2.29. The Bertz CT molecular complexity index is 554. The second kappa shape index (κ2) is 6.47. The van der Waals surface area contributed by atoms with Crippen LogP contribution in [0.25, 0.3) is 0 Å². The molecule has 0 radical (unpaired) electrons. The predicted octanol–water partition coefficient (Wildman–Crippen LogP) is 3.14. The van der Waals surface area contributed by atoms with E-state index in [1.807, 2.05) is 0 Å². The van der Waals surface area contributed by atoms with E-state index in [1.165, 1.54) is 30.7 Å². The van der Waals surface area contributed by atoms with Gasteiger partial charge in [-0.25, -0.2) is 5.43 Å². The molecule has 0 spiro atoms. The van der Waals surface area contributed by atoms with E-state index in [0.717, 1.165) is 18.6 Å². The number of hydrazone groups is 1. The largest absolute Gasteiger partial charge is 0.271 e. The Kier molecular flexibility index (Phi) is 4.67. The van der Waals surface area contributed by atoms with E-state index in [1.54, 1.807) is 0 Å². The summed E-state index contributed by atoms with van der Waals surface area (Å²) < 4.78 is 0. The molecule has 0 bridgehead atoms. The highest BCUT2D eigenvalue weighted by molar-refractivity contribution is 5.96. The summed E-state index contributed by atoms with van der Waals surface area (Å²) in [5, 5.41) is 14.8. The fourth-order valence-corrected chi connectivity index (χ4v) is 2.65. The van der Waals surface area contributed by atoms with Crippen LogP contribution in [0.2, 0.25) is 0 Å². The molecule has 1 aliphatic carbocycles. The van der Waals surface area contributed by atoms with Crippen molar-refractivity contribution in [2.75, 3.05) is 0 Å². The van der Waals surface area contributed by atoms with E-state index in [-0.39, 0.29) is 11.6 Å². The highest BCUT2D eigenvalue weighted by Crippen LogP contribution is 2.25. The van der Waals surface area contributed by atoms with Crippen LogP contribution in [0.4, 0.5) is 5.69 Å². The number of nitrogens with zero attached hydrogens (tertiary/aromatic N) is 2. The van der Waals surface area contributed by atoms with Gasteiger partial charge in [0.1, 0.15) is 0 Å². The molecule has 0 unspecified atom stereocenters. The molecule has 2 atom stereocenters. The van der Waals surface area contributed by atoms with Crippen molar-refractivity contribution < 1.29 is 9.72 Å². The van der Waals surface area contributed by atoms with Crippen LogP contribution in [-0.2, 0) is 0 Å². The third-order valence-corrected chi connectivity index (χ3v) is 3.91. The Morgan fingerprint density at radius 1 is 1.24 bits per heavy atom. The Hall–Kier alpha value is -2.24. The van der Waals surface area contributed by atoms with Crippen LogP contribution < -0.4 is 5.43 Å². The average Bonchev–Trinajstić information content (AvgIpc) is 2.46. The quantitative estimate of drug-likeness (QED) is 0.685. The third-order valence-electron chi connectivity index (χ3n) is 3.91. The van der Waals surface area contributed by atoms with Gasteiger partial charge in [0.15, 0.2) is 0 Å². The zero-order chi connectivity index (χ0) is 15.4. The van der Waals surface area contributed by atoms with Crippen LogP contribution in [0.1, 0.15) is 43.5 Å². The standard InChI is InChI=1S/C15H19N3O3/c1-10-4-3-5-11(2)14(10)16-17-15(19)12-6-8-13(9-7-12)18(20)21/h6-11H,3-5H2,1-2H3,(H,17,19)/t10-,11-/m0/s1. The summed E-state index contributed by atoms with van der Waals surface area (Å²) in [5.41, 5.74) is 3.91. The molecule has 0 heterocycles. The van der Waals surface area contributed by atoms with Gasteiger partial charge in [0.05, 0.1) is 4.92 Å². The van der Waals surface area contributed by atoms with Crippen LogP contribution in [0.5, 0.6) is 0 Å². The van der Waals surface area contributed by atoms with E-state index < -0.39 is 4.92 Å². The number of hydrogen-bond donors (Lipinski definition) is 1. The number of non-ortho nitro benzene ring substituents is 1. The van der Waals surface area contributed by atoms with Gasteiger partial charge in [0, 0.05) is 23.4 Å². The number of amides is 1. The van der Waals surface area contributed by atoms with Crippen molar-refractivity contribution in [3.8, 4) is 0 Å². The Morgan fingerprint density at radius 2 is 1.81 bits per heavy atom. The molecular weight excluding hydrogens is 270 g/mol. The van der Waals surface area contributed by atoms with E-state index in [9.17, 15) is 14.9 Å². The molecule has 1 fully saturated rings. The SMILES string of the molecule is C[C@H]1CCC[C@H](C)C1=NNC(=O)c1ccc([N+](=O)[O-])cc1. The number of carbonyl (C=O) groups is 1. The van der Waals surface area contributed by atoms with Crippen LogP contribution in [0.15, 0.2) is 29.4 Å². The first-order valence-electron chi connectivity index (χ1n) is 7.11. The maximum absolute atomic E-state index is 12.0. The van der Waals surface area contributed by atoms with Crippen molar-refractivity contribution in [1.82, 2.24) is 5.43 Å². The van der Waals surface area contributed by atoms with E-state index in [4.69, 9.17) is 0 Å². The van der Waals surface area contributed by atoms with Gasteiger partial charge < -0.3 is 0 Å². The highest BCUT2D eigenvalue weighted by atomic mass is 16.6. The van der Waals surface area contributed by atoms with Gasteiger partial charge in [-0.2, -0.15) is 5.10 Å². The number of nitrogens with one attached hydrogen (secondary N) is 1. The lowest BCUT2D eigenvalue weighted by Gasteiger charge is -2.26. The van der Waals surface area contributed by atoms with Crippen LogP contribution in [-0.4, -0.2) is 16.5 Å². The van der Waals surface area contributed by atoms with Gasteiger partial charge in [-0.3, -0.25) is 14.9 Å². The zero-order valence-electron chi connectivity index (χ0n) is 12.2. The summed E-state index contributed by atoms with van der Waals surface area (Å²) in [6.45, 7) is 4.24. The molecule has 1 N–H and O–H groups in total. The summed E-state index contributed by atoms with van der Waals surface area (Å²) in [4.78, 5) is 22.1. The van der Waals surface area contributed by atoms with Crippen LogP contribution in [0.3, 0.4) is 0 Å². The topological polar surface area (TPSA) is 84.6 Å². The molecule has 1 aromatic rings. The zero-order valence-corrected chi connectivity index (χ0v) is 12.2. The molecule has 2 rings (SSSR count). The lowest BCUT2D eigenvalue weighted by molar-refractivity contribution is -0.384. The van der Waals surface area contributed by atoms with Crippen LogP contribution in [0, 0.1) is 22.0 Å². The molecule has 0 aliphatic heterocycles. The number of nitro groups is 1. The van der Waals surface area contributed by atoms with Gasteiger partial charge in [-0.05, 0) is 36.8 Å². The molecule has 0 aromatic heterocycles. The van der Waals surface area contributed by atoms with Crippen molar-refractivity contribution in [3.05, 3.63) is 39.9 Å². The normalized spacial score (nSPS) is 21.7. The lowest BCUT2D eigenvalue weighted by atomic mass is 9.81. The van der Waals surface area contributed by atoms with Gasteiger partial charge in [0.25, 0.3) is 11.6 Å². The minimum atomic E-state index is -0.493. The number of rotatable bonds is 3. The van der Waals surface area contributed by atoms with E-state index in [2.05, 4.69) is 24.4 Å². The van der Waals surface area contributed by atoms with Crippen molar-refractivity contribution in [2.24, 2.45) is 16.9 Å². The van der Waals surface area contributed by atoms with Crippen molar-refractivity contribution in [2.45, 2.75) is 33.1 Å². The first kappa shape index (κ1) is 15.2. The number of nitro benzene ring substituents is 1. The van der Waals surface area contributed by atoms with Gasteiger partial charge >= 0.3 is 0 Å². The number of benzene rings is 1. The van der Waals surface area contributed by atoms with E-state index in [0.29, 0.717) is 17.4 Å². The molecule has 1 aliphatic rings. The predicted molar refractivity (Wildman–Crippen MR) is 80.2 cm³/mol. The molecule has 0 saturated heterocycles. The Labute approximate surface area is 123 Å². The molecule has 21 heavy (non-hydrogen) atoms. The molecule has 1 amide bonds. The number of hydrogen-bond acceptors (Lipinski definition) is 4. The van der Waals surface area contributed by atoms with E-state index >= 15 is 0 Å². The molecule has 6 heteroatoms. The second-order valence-electron chi connectivity index (χ2n) is 5.51. The fraction of sp³-hybridized carbons (Fsp3) is 0.467. The molecule has 1 aromatic carbocycles. The first-order chi connectivity index (χ1) is 9.99. The molecule has 6 nitrogen and oxygen atoms in total. The maximum atomic E-state index is 12.0. The van der Waals surface area contributed by atoms with Gasteiger partial charge in [0.2, 0.25) is 0 Å². The Balaban J connectivity index is 2.05. The smallest absolute Gasteiger partial charge is 0.267 e. The van der Waals surface area contributed by atoms with Crippen molar-refractivity contribution >= 4 is 17.3 Å². The fourth-order valence-electron chi connectivity index (χ4n) is 2.65. The summed E-state index contributed by atoms with van der Waals surface area (Å²) in [6, 6.07) is 5.49. The minimum absolute atomic E-state index is 0.0348. The minimum Gasteiger partial charge on any atom is -0.267 e. The average molecular weight is 289 g/mol. The third kappa shape index (κ3) is 3.65. The first-order valence-corrected chi connectivity index (χ1v) is 7.11. The molecular formula is C15H19N3O3. The summed E-state index contributed by atoms with van der Waals surface area (Å²) in [7, 11) is 0. The monoisotopic (exact) mass is 289 g/mol. The molecule has 112 valence electrons. The van der Waals surface area contributed by atoms with Crippen LogP contribution >= 0.6 is 0 Å². The number of carbonyl (C=O) groups excluding carboxylic acids is 1. The Morgan fingerprint density at radius 3 is 2.33 bits per heavy atom.